The number of amides is 8. The second-order valence-corrected chi connectivity index (χ2v) is 14.3. The van der Waals surface area contributed by atoms with Crippen LogP contribution in [0.5, 0.6) is 0 Å². The molecule has 0 aliphatic carbocycles. The molecule has 58 heavy (non-hydrogen) atoms. The van der Waals surface area contributed by atoms with Crippen molar-refractivity contribution in [2.24, 2.45) is 11.8 Å². The van der Waals surface area contributed by atoms with Gasteiger partial charge in [0.2, 0.25) is 23.6 Å². The molecule has 0 bridgehead atoms. The van der Waals surface area contributed by atoms with Crippen LogP contribution in [0.3, 0.4) is 0 Å². The highest BCUT2D eigenvalue weighted by Crippen LogP contribution is 2.34. The summed E-state index contributed by atoms with van der Waals surface area (Å²) < 4.78 is 0. The van der Waals surface area contributed by atoms with Gasteiger partial charge < -0.3 is 0 Å². The van der Waals surface area contributed by atoms with Crippen LogP contribution in [0.25, 0.3) is 11.1 Å². The van der Waals surface area contributed by atoms with Crippen molar-refractivity contribution in [3.05, 3.63) is 192 Å². The third-order valence-corrected chi connectivity index (χ3v) is 10.5. The Morgan fingerprint density at radius 2 is 0.741 bits per heavy atom. The quantitative estimate of drug-likeness (QED) is 0.123. The van der Waals surface area contributed by atoms with E-state index in [2.05, 4.69) is 0 Å². The molecule has 2 heterocycles. The number of hydrogen-bond acceptors (Lipinski definition) is 6. The Morgan fingerprint density at radius 3 is 1.29 bits per heavy atom. The van der Waals surface area contributed by atoms with Crippen molar-refractivity contribution in [1.29, 1.82) is 0 Å². The maximum Gasteiger partial charge on any atom is 0.342 e. The molecule has 2 saturated heterocycles. The zero-order chi connectivity index (χ0) is 40.2. The van der Waals surface area contributed by atoms with Gasteiger partial charge in [0.25, 0.3) is 0 Å². The highest BCUT2D eigenvalue weighted by molar-refractivity contribution is 6.36. The minimum atomic E-state index is -1.15. The molecule has 0 spiro atoms. The molecule has 2 fully saturated rings. The Balaban J connectivity index is 1.09. The predicted molar refractivity (Wildman–Crippen MR) is 219 cm³/mol. The van der Waals surface area contributed by atoms with Crippen LogP contribution in [-0.4, -0.2) is 45.5 Å². The molecule has 0 saturated carbocycles. The third kappa shape index (κ3) is 7.55. The van der Waals surface area contributed by atoms with Crippen molar-refractivity contribution in [2.45, 2.75) is 25.9 Å². The van der Waals surface area contributed by atoms with Gasteiger partial charge in [-0.2, -0.15) is 0 Å². The molecule has 286 valence electrons. The van der Waals surface area contributed by atoms with Gasteiger partial charge in [-0.15, -0.1) is 0 Å². The largest absolute Gasteiger partial charge is 0.342 e. The Kier molecular flexibility index (Phi) is 10.5. The summed E-state index contributed by atoms with van der Waals surface area (Å²) in [6, 6.07) is 49.0. The number of benzene rings is 6. The zero-order valence-electron chi connectivity index (χ0n) is 31.4. The first kappa shape index (κ1) is 37.5. The molecule has 0 aromatic heterocycles. The number of hydrogen-bond donors (Lipinski definition) is 0. The molecular formula is C48H38N4O6. The number of carbonyl (C=O) groups excluding carboxylic acids is 6. The van der Waals surface area contributed by atoms with Crippen molar-refractivity contribution >= 4 is 47.1 Å². The summed E-state index contributed by atoms with van der Waals surface area (Å²) in [5, 5.41) is 0. The summed E-state index contributed by atoms with van der Waals surface area (Å²) in [4.78, 5) is 88.5. The summed E-state index contributed by atoms with van der Waals surface area (Å²) in [6.45, 7) is 0.0434. The van der Waals surface area contributed by atoms with E-state index in [0.29, 0.717) is 22.4 Å². The standard InChI is InChI=1S/C48H38N4O6/c53-43-41(44(54)50(32-35-19-9-3-10-20-35)47(57)49(43)31-34-17-7-2-8-18-34)29-36-21-13-22-37(27-36)38-23-14-26-40(30-38)52-46(56)42(28-33-15-5-1-6-16-33)45(55)51(48(52)58)39-24-11-4-12-25-39/h1-27,30,41-42H,28-29,31-32H2. The molecule has 6 aromatic carbocycles. The Labute approximate surface area is 335 Å². The van der Waals surface area contributed by atoms with Crippen LogP contribution in [0, 0.1) is 11.8 Å². The molecule has 2 aliphatic heterocycles. The number of barbiturate groups is 2. The van der Waals surface area contributed by atoms with Crippen LogP contribution in [0.4, 0.5) is 21.0 Å². The maximum atomic E-state index is 14.2. The number of anilines is 2. The van der Waals surface area contributed by atoms with E-state index in [4.69, 9.17) is 0 Å². The minimum Gasteiger partial charge on any atom is -0.273 e. The normalized spacial score (nSPS) is 16.4. The molecule has 0 radical (unpaired) electrons. The van der Waals surface area contributed by atoms with E-state index in [1.165, 1.54) is 0 Å². The van der Waals surface area contributed by atoms with Crippen LogP contribution in [0.1, 0.15) is 22.3 Å². The monoisotopic (exact) mass is 766 g/mol. The highest BCUT2D eigenvalue weighted by atomic mass is 16.2. The predicted octanol–water partition coefficient (Wildman–Crippen LogP) is 8.06. The van der Waals surface area contributed by atoms with Crippen molar-refractivity contribution in [3.8, 4) is 11.1 Å². The van der Waals surface area contributed by atoms with Crippen LogP contribution in [-0.2, 0) is 45.1 Å². The molecule has 6 aromatic rings. The van der Waals surface area contributed by atoms with Gasteiger partial charge >= 0.3 is 12.1 Å². The molecule has 0 N–H and O–H groups in total. The number of nitrogens with zero attached hydrogens (tertiary/aromatic N) is 4. The highest BCUT2D eigenvalue weighted by Gasteiger charge is 2.48. The molecule has 10 nitrogen and oxygen atoms in total. The average Bonchev–Trinajstić information content (AvgIpc) is 3.26. The van der Waals surface area contributed by atoms with E-state index in [0.717, 1.165) is 36.3 Å². The van der Waals surface area contributed by atoms with E-state index in [1.54, 1.807) is 48.5 Å². The van der Waals surface area contributed by atoms with Crippen LogP contribution in [0.15, 0.2) is 170 Å². The SMILES string of the molecule is O=C1C(Cc2cccc(-c3cccc(N4C(=O)C(Cc5ccccc5)C(=O)N(c5ccccc5)C4=O)c3)c2)C(=O)N(Cc2ccccc2)C(=O)N1Cc1ccccc1. The van der Waals surface area contributed by atoms with Gasteiger partial charge in [0.05, 0.1) is 24.5 Å². The zero-order valence-corrected chi connectivity index (χ0v) is 31.4. The fourth-order valence-corrected chi connectivity index (χ4v) is 7.53. The Hall–Kier alpha value is -7.46. The minimum absolute atomic E-state index is 0.0217. The van der Waals surface area contributed by atoms with Gasteiger partial charge in [-0.05, 0) is 70.5 Å². The first-order valence-electron chi connectivity index (χ1n) is 19.0. The lowest BCUT2D eigenvalue weighted by molar-refractivity contribution is -0.150. The van der Waals surface area contributed by atoms with E-state index >= 15 is 0 Å². The fourth-order valence-electron chi connectivity index (χ4n) is 7.53. The van der Waals surface area contributed by atoms with Gasteiger partial charge in [-0.1, -0.05) is 146 Å². The van der Waals surface area contributed by atoms with Gasteiger partial charge in [-0.25, -0.2) is 19.4 Å². The molecule has 8 rings (SSSR count). The number of para-hydroxylation sites is 1. The Bertz CT molecular complexity index is 2450. The molecule has 1 unspecified atom stereocenters. The van der Waals surface area contributed by atoms with Gasteiger partial charge in [-0.3, -0.25) is 29.0 Å². The van der Waals surface area contributed by atoms with Crippen molar-refractivity contribution in [2.75, 3.05) is 9.80 Å². The van der Waals surface area contributed by atoms with Crippen molar-refractivity contribution < 1.29 is 28.8 Å². The first-order valence-corrected chi connectivity index (χ1v) is 19.0. The lowest BCUT2D eigenvalue weighted by Gasteiger charge is -2.37. The number of urea groups is 2. The van der Waals surface area contributed by atoms with Gasteiger partial charge in [0.1, 0.15) is 11.8 Å². The van der Waals surface area contributed by atoms with E-state index in [-0.39, 0.29) is 31.6 Å². The van der Waals surface area contributed by atoms with Crippen LogP contribution >= 0.6 is 0 Å². The molecule has 1 atom stereocenters. The molecular weight excluding hydrogens is 729 g/mol. The smallest absolute Gasteiger partial charge is 0.273 e. The average molecular weight is 767 g/mol. The summed E-state index contributed by atoms with van der Waals surface area (Å²) in [6.07, 6.45) is 0.149. The lowest BCUT2D eigenvalue weighted by Crippen LogP contribution is -2.61. The molecule has 10 heteroatoms. The topological polar surface area (TPSA) is 115 Å². The molecule has 8 amide bonds. The van der Waals surface area contributed by atoms with Crippen molar-refractivity contribution in [1.82, 2.24) is 9.80 Å². The van der Waals surface area contributed by atoms with E-state index < -0.39 is 47.5 Å². The van der Waals surface area contributed by atoms with Crippen LogP contribution < -0.4 is 9.80 Å². The van der Waals surface area contributed by atoms with Gasteiger partial charge in [0.15, 0.2) is 0 Å². The van der Waals surface area contributed by atoms with Crippen LogP contribution in [0.2, 0.25) is 0 Å². The van der Waals surface area contributed by atoms with Crippen molar-refractivity contribution in [3.63, 3.8) is 0 Å². The second kappa shape index (κ2) is 16.3. The number of carbonyl (C=O) groups is 6. The maximum absolute atomic E-state index is 14.2. The summed E-state index contributed by atoms with van der Waals surface area (Å²) in [5.74, 6) is -4.66. The Morgan fingerprint density at radius 1 is 0.345 bits per heavy atom. The third-order valence-electron chi connectivity index (χ3n) is 10.5. The number of imide groups is 4. The van der Waals surface area contributed by atoms with E-state index in [9.17, 15) is 28.8 Å². The summed E-state index contributed by atoms with van der Waals surface area (Å²) in [7, 11) is 0. The number of rotatable bonds is 11. The summed E-state index contributed by atoms with van der Waals surface area (Å²) >= 11 is 0. The first-order chi connectivity index (χ1) is 28.3. The second-order valence-electron chi connectivity index (χ2n) is 14.3. The summed E-state index contributed by atoms with van der Waals surface area (Å²) in [5.41, 5.74) is 4.99. The van der Waals surface area contributed by atoms with Gasteiger partial charge in [0, 0.05) is 0 Å². The fraction of sp³-hybridized carbons (Fsp3) is 0.125. The van der Waals surface area contributed by atoms with E-state index in [1.807, 2.05) is 121 Å². The molecule has 2 aliphatic rings. The lowest BCUT2D eigenvalue weighted by atomic mass is 9.92.